The van der Waals surface area contributed by atoms with Crippen LogP contribution in [-0.2, 0) is 4.74 Å². The van der Waals surface area contributed by atoms with E-state index in [9.17, 15) is 0 Å². The van der Waals surface area contributed by atoms with Crippen LogP contribution in [0.25, 0.3) is 0 Å². The van der Waals surface area contributed by atoms with Crippen LogP contribution >= 0.6 is 0 Å². The second-order valence-corrected chi connectivity index (χ2v) is 2.38. The van der Waals surface area contributed by atoms with Gasteiger partial charge in [-0.25, -0.2) is 0 Å². The number of hydrogen-bond donors (Lipinski definition) is 2. The Balaban J connectivity index is 2.47. The summed E-state index contributed by atoms with van der Waals surface area (Å²) in [6.07, 6.45) is -0.956. The summed E-state index contributed by atoms with van der Waals surface area (Å²) in [5.41, 5.74) is 0. The smallest absolute Gasteiger partial charge is 0.222 e. The number of aliphatic hydroxyl groups is 2. The van der Waals surface area contributed by atoms with Crippen molar-refractivity contribution in [3.05, 3.63) is 0 Å². The van der Waals surface area contributed by atoms with Gasteiger partial charge in [0.05, 0.1) is 0 Å². The first-order valence-electron chi connectivity index (χ1n) is 2.65. The Bertz CT molecular complexity index is 102. The Morgan fingerprint density at radius 2 is 2.00 bits per heavy atom. The van der Waals surface area contributed by atoms with Crippen molar-refractivity contribution in [2.75, 3.05) is 0 Å². The van der Waals surface area contributed by atoms with Gasteiger partial charge in [0.25, 0.3) is 0 Å². The summed E-state index contributed by atoms with van der Waals surface area (Å²) in [6, 6.07) is 0. The van der Waals surface area contributed by atoms with Gasteiger partial charge in [-0.15, -0.1) is 0 Å². The molecule has 0 aromatic heterocycles. The lowest BCUT2D eigenvalue weighted by atomic mass is 10.1. The maximum atomic E-state index is 9.00. The molecule has 1 aliphatic rings. The Morgan fingerprint density at radius 1 is 1.62 bits per heavy atom. The highest BCUT2D eigenvalue weighted by atomic mass is 16.8. The summed E-state index contributed by atoms with van der Waals surface area (Å²) < 4.78 is 4.48. The molecule has 1 fully saturated rings. The summed E-state index contributed by atoms with van der Waals surface area (Å²) in [6.45, 7) is 3.58. The number of rotatable bonds is 1. The largest absolute Gasteiger partial charge is 0.364 e. The predicted octanol–water partition coefficient (Wildman–Crippen LogP) is -0.320. The van der Waals surface area contributed by atoms with E-state index >= 15 is 0 Å². The molecule has 2 N–H and O–H groups in total. The normalized spacial score (nSPS) is 45.4. The third kappa shape index (κ3) is 0.632. The zero-order chi connectivity index (χ0) is 6.36. The Morgan fingerprint density at radius 3 is 2.00 bits per heavy atom. The summed E-state index contributed by atoms with van der Waals surface area (Å²) in [7, 11) is 0. The lowest BCUT2D eigenvalue weighted by Crippen LogP contribution is -2.21. The topological polar surface area (TPSA) is 53.0 Å². The van der Waals surface area contributed by atoms with Gasteiger partial charge in [0.15, 0.2) is 0 Å². The molecule has 3 nitrogen and oxygen atoms in total. The van der Waals surface area contributed by atoms with E-state index in [1.54, 1.807) is 13.8 Å². The van der Waals surface area contributed by atoms with Gasteiger partial charge in [-0.2, -0.15) is 0 Å². The molecule has 1 rings (SSSR count). The molecular weight excluding hydrogens is 108 g/mol. The first-order valence-corrected chi connectivity index (χ1v) is 2.65. The van der Waals surface area contributed by atoms with E-state index in [2.05, 4.69) is 4.74 Å². The predicted molar refractivity (Wildman–Crippen MR) is 26.9 cm³/mol. The highest BCUT2D eigenvalue weighted by Gasteiger charge is 2.57. The molecule has 0 aliphatic carbocycles. The van der Waals surface area contributed by atoms with Crippen LogP contribution in [0.3, 0.4) is 0 Å². The molecule has 8 heavy (non-hydrogen) atoms. The molecule has 48 valence electrons. The summed E-state index contributed by atoms with van der Waals surface area (Å²) in [5, 5.41) is 17.6. The monoisotopic (exact) mass is 118 g/mol. The van der Waals surface area contributed by atoms with Crippen molar-refractivity contribution in [1.82, 2.24) is 0 Å². The summed E-state index contributed by atoms with van der Waals surface area (Å²) in [4.78, 5) is 0. The molecule has 1 heterocycles. The van der Waals surface area contributed by atoms with E-state index in [1.807, 2.05) is 0 Å². The van der Waals surface area contributed by atoms with E-state index in [4.69, 9.17) is 10.2 Å². The molecule has 0 aromatic carbocycles. The second-order valence-electron chi connectivity index (χ2n) is 2.38. The van der Waals surface area contributed by atoms with Gasteiger partial charge in [-0.1, -0.05) is 13.8 Å². The van der Waals surface area contributed by atoms with Crippen molar-refractivity contribution >= 4 is 0 Å². The fraction of sp³-hybridized carbons (Fsp3) is 1.00. The molecule has 0 radical (unpaired) electrons. The van der Waals surface area contributed by atoms with Crippen molar-refractivity contribution in [3.8, 4) is 0 Å². The minimum absolute atomic E-state index is 0.0301. The molecule has 2 atom stereocenters. The van der Waals surface area contributed by atoms with E-state index in [0.29, 0.717) is 0 Å². The van der Waals surface area contributed by atoms with E-state index in [1.165, 1.54) is 0 Å². The van der Waals surface area contributed by atoms with Crippen LogP contribution in [0.2, 0.25) is 0 Å². The number of ether oxygens (including phenoxy) is 1. The number of aliphatic hydroxyl groups excluding tert-OH is 1. The van der Waals surface area contributed by atoms with Gasteiger partial charge in [-0.3, -0.25) is 0 Å². The molecular formula is C5H10O3. The third-order valence-electron chi connectivity index (χ3n) is 1.42. The van der Waals surface area contributed by atoms with Crippen LogP contribution in [-0.4, -0.2) is 22.3 Å². The van der Waals surface area contributed by atoms with E-state index < -0.39 is 12.1 Å². The molecule has 0 amide bonds. The van der Waals surface area contributed by atoms with Gasteiger partial charge in [0, 0.05) is 5.92 Å². The van der Waals surface area contributed by atoms with Gasteiger partial charge in [0.2, 0.25) is 12.1 Å². The van der Waals surface area contributed by atoms with Crippen molar-refractivity contribution < 1.29 is 14.9 Å². The van der Waals surface area contributed by atoms with Crippen LogP contribution < -0.4 is 0 Å². The third-order valence-corrected chi connectivity index (χ3v) is 1.42. The van der Waals surface area contributed by atoms with Gasteiger partial charge < -0.3 is 14.9 Å². The van der Waals surface area contributed by atoms with E-state index in [0.717, 1.165) is 0 Å². The minimum Gasteiger partial charge on any atom is -0.364 e. The molecule has 2 unspecified atom stereocenters. The van der Waals surface area contributed by atoms with Gasteiger partial charge >= 0.3 is 0 Å². The van der Waals surface area contributed by atoms with Crippen LogP contribution in [0, 0.1) is 5.92 Å². The van der Waals surface area contributed by atoms with Crippen LogP contribution in [0.1, 0.15) is 13.8 Å². The maximum absolute atomic E-state index is 9.00. The molecule has 0 aromatic rings. The summed E-state index contributed by atoms with van der Waals surface area (Å²) in [5.74, 6) is -1.27. The van der Waals surface area contributed by atoms with Crippen LogP contribution in [0.15, 0.2) is 0 Å². The molecule has 1 saturated heterocycles. The molecule has 0 spiro atoms. The molecule has 3 heteroatoms. The Hall–Kier alpha value is -0.120. The van der Waals surface area contributed by atoms with E-state index in [-0.39, 0.29) is 5.92 Å². The van der Waals surface area contributed by atoms with Crippen molar-refractivity contribution in [2.24, 2.45) is 5.92 Å². The second kappa shape index (κ2) is 1.43. The van der Waals surface area contributed by atoms with Crippen LogP contribution in [0.5, 0.6) is 0 Å². The average molecular weight is 118 g/mol. The Labute approximate surface area is 47.9 Å². The summed E-state index contributed by atoms with van der Waals surface area (Å²) >= 11 is 0. The molecule has 0 saturated carbocycles. The SMILES string of the molecule is CC(C)C1(O)OC1O. The highest BCUT2D eigenvalue weighted by Crippen LogP contribution is 2.37. The minimum atomic E-state index is -1.24. The molecule has 1 aliphatic heterocycles. The Kier molecular flexibility index (Phi) is 1.08. The fourth-order valence-corrected chi connectivity index (χ4v) is 0.566. The van der Waals surface area contributed by atoms with Crippen molar-refractivity contribution in [2.45, 2.75) is 25.9 Å². The maximum Gasteiger partial charge on any atom is 0.222 e. The lowest BCUT2D eigenvalue weighted by Gasteiger charge is -2.05. The number of hydrogen-bond acceptors (Lipinski definition) is 3. The first-order chi connectivity index (χ1) is 3.57. The van der Waals surface area contributed by atoms with Gasteiger partial charge in [-0.05, 0) is 0 Å². The molecule has 0 bridgehead atoms. The standard InChI is InChI=1S/C5H10O3/c1-3(2)5(7)4(6)8-5/h3-4,6-7H,1-2H3. The quantitative estimate of drug-likeness (QED) is 0.464. The van der Waals surface area contributed by atoms with Gasteiger partial charge in [0.1, 0.15) is 0 Å². The lowest BCUT2D eigenvalue weighted by molar-refractivity contribution is -0.00644. The van der Waals surface area contributed by atoms with Crippen LogP contribution in [0.4, 0.5) is 0 Å². The fourth-order valence-electron chi connectivity index (χ4n) is 0.566. The highest BCUT2D eigenvalue weighted by molar-refractivity contribution is 4.87. The zero-order valence-corrected chi connectivity index (χ0v) is 4.96. The first kappa shape index (κ1) is 6.01. The number of epoxide rings is 1. The van der Waals surface area contributed by atoms with Crippen molar-refractivity contribution in [3.63, 3.8) is 0 Å². The van der Waals surface area contributed by atoms with Crippen molar-refractivity contribution in [1.29, 1.82) is 0 Å². The average Bonchev–Trinajstić information content (AvgIpc) is 2.17. The zero-order valence-electron chi connectivity index (χ0n) is 4.96.